The van der Waals surface area contributed by atoms with Crippen molar-refractivity contribution in [2.45, 2.75) is 32.6 Å². The molecule has 2 amide bonds. The number of nitrogens with zero attached hydrogens (tertiary/aromatic N) is 4. The van der Waals surface area contributed by atoms with Gasteiger partial charge in [-0.3, -0.25) is 10.3 Å². The number of amidine groups is 1. The number of hydrogen-bond acceptors (Lipinski definition) is 4. The first-order chi connectivity index (χ1) is 11.6. The Morgan fingerprint density at radius 2 is 2.00 bits per heavy atom. The molecule has 1 saturated heterocycles. The molecule has 0 spiro atoms. The average molecular weight is 325 g/mol. The van der Waals surface area contributed by atoms with Crippen LogP contribution in [0.4, 0.5) is 10.7 Å². The standard InChI is InChI=1S/C18H23N5O/c1-12-5-7-14(8-6-12)13(2)11-15-16(19-3)22-18(24)23(15)17-20-9-4-10-21-17/h4,9-12,14H,2,5-8H2,1,3H3,(H,19,22,24). The van der Waals surface area contributed by atoms with E-state index in [9.17, 15) is 4.79 Å². The number of carbonyl (C=O) groups is 1. The smallest absolute Gasteiger partial charge is 0.290 e. The molecule has 6 heteroatoms. The highest BCUT2D eigenvalue weighted by Crippen LogP contribution is 2.34. The maximum absolute atomic E-state index is 12.3. The number of amides is 2. The molecule has 0 aromatic carbocycles. The van der Waals surface area contributed by atoms with Gasteiger partial charge in [-0.2, -0.15) is 0 Å². The molecule has 1 aliphatic heterocycles. The first kappa shape index (κ1) is 16.4. The number of carbonyl (C=O) groups excluding carboxylic acids is 1. The van der Waals surface area contributed by atoms with Gasteiger partial charge in [0, 0.05) is 19.4 Å². The Labute approximate surface area is 142 Å². The van der Waals surface area contributed by atoms with Gasteiger partial charge in [0.05, 0.1) is 5.70 Å². The van der Waals surface area contributed by atoms with Crippen molar-refractivity contribution in [2.24, 2.45) is 16.8 Å². The van der Waals surface area contributed by atoms with Crippen LogP contribution in [0.3, 0.4) is 0 Å². The molecule has 1 aromatic rings. The fraction of sp³-hybridized carbons (Fsp3) is 0.444. The predicted octanol–water partition coefficient (Wildman–Crippen LogP) is 3.30. The number of rotatable bonds is 3. The lowest BCUT2D eigenvalue weighted by Gasteiger charge is -2.27. The zero-order chi connectivity index (χ0) is 17.1. The number of nitrogens with one attached hydrogen (secondary N) is 1. The molecule has 0 atom stereocenters. The summed E-state index contributed by atoms with van der Waals surface area (Å²) in [6.45, 7) is 6.55. The van der Waals surface area contributed by atoms with Crippen LogP contribution in [0.2, 0.25) is 0 Å². The second-order valence-corrected chi connectivity index (χ2v) is 6.45. The SMILES string of the molecule is C=C(C=C1C(=NC)NC(=O)N1c1ncccn1)C1CCC(C)CC1. The van der Waals surface area contributed by atoms with Crippen molar-refractivity contribution in [1.29, 1.82) is 0 Å². The summed E-state index contributed by atoms with van der Waals surface area (Å²) < 4.78 is 0. The van der Waals surface area contributed by atoms with Crippen LogP contribution in [-0.2, 0) is 0 Å². The molecule has 2 aliphatic rings. The Balaban J connectivity index is 1.89. The van der Waals surface area contributed by atoms with Gasteiger partial charge < -0.3 is 0 Å². The number of aromatic nitrogens is 2. The van der Waals surface area contributed by atoms with E-state index in [2.05, 4.69) is 33.8 Å². The van der Waals surface area contributed by atoms with E-state index in [0.29, 0.717) is 23.4 Å². The first-order valence-corrected chi connectivity index (χ1v) is 8.36. The number of urea groups is 1. The second kappa shape index (κ2) is 6.95. The molecule has 3 rings (SSSR count). The topological polar surface area (TPSA) is 70.5 Å². The van der Waals surface area contributed by atoms with Gasteiger partial charge in [-0.15, -0.1) is 0 Å². The van der Waals surface area contributed by atoms with E-state index in [-0.39, 0.29) is 6.03 Å². The molecular weight excluding hydrogens is 302 g/mol. The summed E-state index contributed by atoms with van der Waals surface area (Å²) in [6, 6.07) is 1.43. The molecule has 0 unspecified atom stereocenters. The second-order valence-electron chi connectivity index (χ2n) is 6.45. The number of allylic oxidation sites excluding steroid dienone is 2. The number of hydrogen-bond donors (Lipinski definition) is 1. The molecule has 1 aliphatic carbocycles. The highest BCUT2D eigenvalue weighted by molar-refractivity contribution is 6.23. The van der Waals surface area contributed by atoms with Crippen molar-refractivity contribution in [3.8, 4) is 0 Å². The van der Waals surface area contributed by atoms with Crippen molar-refractivity contribution >= 4 is 17.8 Å². The Morgan fingerprint density at radius 3 is 2.62 bits per heavy atom. The Morgan fingerprint density at radius 1 is 1.33 bits per heavy atom. The summed E-state index contributed by atoms with van der Waals surface area (Å²) in [6.07, 6.45) is 9.93. The van der Waals surface area contributed by atoms with E-state index >= 15 is 0 Å². The fourth-order valence-corrected chi connectivity index (χ4v) is 3.27. The minimum absolute atomic E-state index is 0.293. The maximum atomic E-state index is 12.3. The van der Waals surface area contributed by atoms with Gasteiger partial charge in [-0.1, -0.05) is 26.3 Å². The summed E-state index contributed by atoms with van der Waals surface area (Å²) in [4.78, 5) is 26.4. The van der Waals surface area contributed by atoms with Crippen LogP contribution >= 0.6 is 0 Å². The average Bonchev–Trinajstić information content (AvgIpc) is 2.91. The van der Waals surface area contributed by atoms with Crippen LogP contribution in [0.25, 0.3) is 0 Å². The van der Waals surface area contributed by atoms with Crippen molar-refractivity contribution < 1.29 is 4.79 Å². The number of aliphatic imine (C=N–C) groups is 1. The van der Waals surface area contributed by atoms with Crippen molar-refractivity contribution in [2.75, 3.05) is 11.9 Å². The molecule has 24 heavy (non-hydrogen) atoms. The lowest BCUT2D eigenvalue weighted by atomic mass is 9.79. The molecule has 6 nitrogen and oxygen atoms in total. The van der Waals surface area contributed by atoms with Crippen molar-refractivity contribution in [1.82, 2.24) is 15.3 Å². The Hall–Kier alpha value is -2.50. The summed E-state index contributed by atoms with van der Waals surface area (Å²) in [7, 11) is 1.66. The third-order valence-electron chi connectivity index (χ3n) is 4.75. The van der Waals surface area contributed by atoms with Gasteiger partial charge in [-0.05, 0) is 42.4 Å². The zero-order valence-electron chi connectivity index (χ0n) is 14.2. The molecule has 2 fully saturated rings. The quantitative estimate of drug-likeness (QED) is 0.927. The van der Waals surface area contributed by atoms with Gasteiger partial charge >= 0.3 is 6.03 Å². The van der Waals surface area contributed by atoms with Crippen molar-refractivity contribution in [3.63, 3.8) is 0 Å². The van der Waals surface area contributed by atoms with Gasteiger partial charge in [0.25, 0.3) is 0 Å². The van der Waals surface area contributed by atoms with Gasteiger partial charge in [0.15, 0.2) is 5.84 Å². The van der Waals surface area contributed by atoms with Gasteiger partial charge in [-0.25, -0.2) is 19.7 Å². The summed E-state index contributed by atoms with van der Waals surface area (Å²) in [5.74, 6) is 2.11. The molecular formula is C18H23N5O. The third kappa shape index (κ3) is 3.22. The molecule has 2 heterocycles. The molecule has 1 aromatic heterocycles. The lowest BCUT2D eigenvalue weighted by Crippen LogP contribution is -2.28. The van der Waals surface area contributed by atoms with E-state index in [4.69, 9.17) is 0 Å². The van der Waals surface area contributed by atoms with E-state index in [0.717, 1.165) is 24.3 Å². The minimum atomic E-state index is -0.293. The van der Waals surface area contributed by atoms with E-state index in [1.807, 2.05) is 6.08 Å². The monoisotopic (exact) mass is 325 g/mol. The summed E-state index contributed by atoms with van der Waals surface area (Å²) in [5, 5.41) is 2.77. The van der Waals surface area contributed by atoms with Crippen LogP contribution in [0, 0.1) is 11.8 Å². The van der Waals surface area contributed by atoms with Crippen LogP contribution in [0.15, 0.2) is 47.4 Å². The fourth-order valence-electron chi connectivity index (χ4n) is 3.27. The van der Waals surface area contributed by atoms with Crippen LogP contribution in [-0.4, -0.2) is 28.9 Å². The molecule has 1 N–H and O–H groups in total. The molecule has 126 valence electrons. The highest BCUT2D eigenvalue weighted by atomic mass is 16.2. The normalized spacial score (nSPS) is 27.6. The van der Waals surface area contributed by atoms with Gasteiger partial charge in [0.2, 0.25) is 5.95 Å². The largest absolute Gasteiger partial charge is 0.334 e. The number of anilines is 1. The van der Waals surface area contributed by atoms with E-state index < -0.39 is 0 Å². The van der Waals surface area contributed by atoms with Gasteiger partial charge in [0.1, 0.15) is 0 Å². The Kier molecular flexibility index (Phi) is 4.74. The summed E-state index contributed by atoms with van der Waals surface area (Å²) >= 11 is 0. The van der Waals surface area contributed by atoms with Crippen molar-refractivity contribution in [3.05, 3.63) is 42.4 Å². The molecule has 0 bridgehead atoms. The first-order valence-electron chi connectivity index (χ1n) is 8.36. The van der Waals surface area contributed by atoms with Crippen LogP contribution in [0.5, 0.6) is 0 Å². The van der Waals surface area contributed by atoms with Crippen LogP contribution in [0.1, 0.15) is 32.6 Å². The highest BCUT2D eigenvalue weighted by Gasteiger charge is 2.34. The van der Waals surface area contributed by atoms with E-state index in [1.54, 1.807) is 25.5 Å². The third-order valence-corrected chi connectivity index (χ3v) is 4.75. The predicted molar refractivity (Wildman–Crippen MR) is 94.7 cm³/mol. The maximum Gasteiger partial charge on any atom is 0.334 e. The summed E-state index contributed by atoms with van der Waals surface area (Å²) in [5.41, 5.74) is 1.70. The van der Waals surface area contributed by atoms with Crippen LogP contribution < -0.4 is 10.2 Å². The van der Waals surface area contributed by atoms with E-state index in [1.165, 1.54) is 17.7 Å². The minimum Gasteiger partial charge on any atom is -0.290 e. The lowest BCUT2D eigenvalue weighted by molar-refractivity contribution is 0.253. The molecule has 0 radical (unpaired) electrons. The zero-order valence-corrected chi connectivity index (χ0v) is 14.2. The Bertz CT molecular complexity index is 687. The molecule has 1 saturated carbocycles.